The summed E-state index contributed by atoms with van der Waals surface area (Å²) < 4.78 is 60.2. The van der Waals surface area contributed by atoms with E-state index < -0.39 is 21.8 Å². The number of nitrogens with one attached hydrogen (secondary N) is 1. The van der Waals surface area contributed by atoms with Gasteiger partial charge >= 0.3 is 6.18 Å². The van der Waals surface area contributed by atoms with E-state index in [2.05, 4.69) is 10.3 Å². The summed E-state index contributed by atoms with van der Waals surface area (Å²) in [5.74, 6) is -0.0702. The lowest BCUT2D eigenvalue weighted by Crippen LogP contribution is -2.12. The van der Waals surface area contributed by atoms with Crippen molar-refractivity contribution in [1.29, 1.82) is 0 Å². The molecule has 2 rings (SSSR count). The van der Waals surface area contributed by atoms with Crippen LogP contribution in [-0.2, 0) is 22.7 Å². The van der Waals surface area contributed by atoms with E-state index in [1.165, 1.54) is 24.3 Å². The fourth-order valence-corrected chi connectivity index (χ4v) is 2.28. The number of sulfonamides is 1. The molecule has 0 unspecified atom stereocenters. The van der Waals surface area contributed by atoms with Crippen LogP contribution in [0.15, 0.2) is 41.4 Å². The van der Waals surface area contributed by atoms with Crippen molar-refractivity contribution >= 4 is 21.5 Å². The topological polar surface area (TPSA) is 111 Å². The van der Waals surface area contributed by atoms with E-state index in [1.807, 2.05) is 0 Å². The van der Waals surface area contributed by atoms with Crippen molar-refractivity contribution in [3.63, 3.8) is 0 Å². The Bertz CT molecular complexity index is 805. The molecule has 0 aliphatic rings. The number of anilines is 2. The van der Waals surface area contributed by atoms with E-state index in [0.717, 1.165) is 6.07 Å². The third-order valence-corrected chi connectivity index (χ3v) is 3.91. The number of alkyl halides is 3. The van der Waals surface area contributed by atoms with Gasteiger partial charge in [0.05, 0.1) is 16.1 Å². The summed E-state index contributed by atoms with van der Waals surface area (Å²) in [6.45, 7) is 0.137. The highest BCUT2D eigenvalue weighted by atomic mass is 32.2. The zero-order chi connectivity index (χ0) is 17.3. The van der Waals surface area contributed by atoms with Crippen molar-refractivity contribution in [2.24, 2.45) is 5.14 Å². The minimum atomic E-state index is -4.52. The Balaban J connectivity index is 2.15. The predicted octanol–water partition coefficient (Wildman–Crippen LogP) is 1.94. The van der Waals surface area contributed by atoms with Crippen molar-refractivity contribution in [2.75, 3.05) is 11.1 Å². The molecule has 1 heterocycles. The summed E-state index contributed by atoms with van der Waals surface area (Å²) in [6, 6.07) is 6.45. The highest BCUT2D eigenvalue weighted by Gasteiger charge is 2.31. The van der Waals surface area contributed by atoms with Crippen LogP contribution >= 0.6 is 0 Å². The lowest BCUT2D eigenvalue weighted by Gasteiger charge is -2.12. The number of nitrogen functional groups attached to an aromatic ring is 1. The molecule has 0 fully saturated rings. The largest absolute Gasteiger partial charge is 0.417 e. The van der Waals surface area contributed by atoms with Crippen molar-refractivity contribution in [3.8, 4) is 0 Å². The summed E-state index contributed by atoms with van der Waals surface area (Å²) in [5.41, 5.74) is 5.29. The van der Waals surface area contributed by atoms with Gasteiger partial charge in [-0.3, -0.25) is 0 Å². The number of halogens is 3. The van der Waals surface area contributed by atoms with Crippen LogP contribution in [0, 0.1) is 0 Å². The van der Waals surface area contributed by atoms with Crippen LogP contribution in [0.1, 0.15) is 11.1 Å². The van der Waals surface area contributed by atoms with E-state index in [-0.39, 0.29) is 22.9 Å². The van der Waals surface area contributed by atoms with Gasteiger partial charge in [0.15, 0.2) is 0 Å². The second kappa shape index (κ2) is 6.05. The average molecular weight is 346 g/mol. The molecule has 0 amide bonds. The van der Waals surface area contributed by atoms with Gasteiger partial charge in [-0.15, -0.1) is 0 Å². The van der Waals surface area contributed by atoms with Crippen LogP contribution in [0.5, 0.6) is 0 Å². The molecule has 0 saturated heterocycles. The first-order chi connectivity index (χ1) is 10.6. The molecule has 124 valence electrons. The summed E-state index contributed by atoms with van der Waals surface area (Å²) in [6.07, 6.45) is -3.87. The fraction of sp³-hybridized carbons (Fsp3) is 0.154. The van der Waals surface area contributed by atoms with Gasteiger partial charge in [-0.25, -0.2) is 18.5 Å². The molecule has 0 saturated carbocycles. The standard InChI is InChI=1S/C13H13F3N4O2S/c14-13(15,16)9-5-11(12(17)20-7-9)19-6-8-1-3-10(4-2-8)23(18,21)22/h1-5,7,19H,6H2,(H2,17,20)(H2,18,21,22). The van der Waals surface area contributed by atoms with Crippen LogP contribution in [0.4, 0.5) is 24.7 Å². The Morgan fingerprint density at radius 3 is 2.30 bits per heavy atom. The molecular formula is C13H13F3N4O2S. The maximum absolute atomic E-state index is 12.6. The number of pyridine rings is 1. The molecule has 5 N–H and O–H groups in total. The van der Waals surface area contributed by atoms with Gasteiger partial charge in [0.1, 0.15) is 5.82 Å². The van der Waals surface area contributed by atoms with E-state index in [4.69, 9.17) is 10.9 Å². The monoisotopic (exact) mass is 346 g/mol. The molecule has 0 bridgehead atoms. The number of nitrogens with two attached hydrogens (primary N) is 2. The van der Waals surface area contributed by atoms with Crippen LogP contribution < -0.4 is 16.2 Å². The molecule has 1 aromatic carbocycles. The molecule has 6 nitrogen and oxygen atoms in total. The Morgan fingerprint density at radius 2 is 1.78 bits per heavy atom. The quantitative estimate of drug-likeness (QED) is 0.783. The molecular weight excluding hydrogens is 333 g/mol. The normalized spacial score (nSPS) is 12.2. The van der Waals surface area contributed by atoms with Crippen LogP contribution in [-0.4, -0.2) is 13.4 Å². The van der Waals surface area contributed by atoms with Crippen molar-refractivity contribution < 1.29 is 21.6 Å². The summed E-state index contributed by atoms with van der Waals surface area (Å²) >= 11 is 0. The molecule has 2 aromatic rings. The minimum absolute atomic E-state index is 0.0374. The molecule has 1 aromatic heterocycles. The highest BCUT2D eigenvalue weighted by Crippen LogP contribution is 2.31. The number of hydrogen-bond donors (Lipinski definition) is 3. The zero-order valence-corrected chi connectivity index (χ0v) is 12.4. The molecule has 23 heavy (non-hydrogen) atoms. The second-order valence-electron chi connectivity index (χ2n) is 4.70. The lowest BCUT2D eigenvalue weighted by atomic mass is 10.2. The third-order valence-electron chi connectivity index (χ3n) is 2.98. The van der Waals surface area contributed by atoms with Gasteiger partial charge in [-0.05, 0) is 23.8 Å². The molecule has 0 atom stereocenters. The van der Waals surface area contributed by atoms with Crippen molar-refractivity contribution in [3.05, 3.63) is 47.7 Å². The van der Waals surface area contributed by atoms with Gasteiger partial charge < -0.3 is 11.1 Å². The van der Waals surface area contributed by atoms with Crippen LogP contribution in [0.3, 0.4) is 0 Å². The van der Waals surface area contributed by atoms with Gasteiger partial charge in [-0.1, -0.05) is 12.1 Å². The average Bonchev–Trinajstić information content (AvgIpc) is 2.44. The van der Waals surface area contributed by atoms with Gasteiger partial charge in [-0.2, -0.15) is 13.2 Å². The Labute approximate surface area is 130 Å². The molecule has 10 heteroatoms. The number of benzene rings is 1. The van der Waals surface area contributed by atoms with Crippen molar-refractivity contribution in [2.45, 2.75) is 17.6 Å². The molecule has 0 spiro atoms. The van der Waals surface area contributed by atoms with Crippen molar-refractivity contribution in [1.82, 2.24) is 4.98 Å². The number of hydrogen-bond acceptors (Lipinski definition) is 5. The van der Waals surface area contributed by atoms with Gasteiger partial charge in [0.2, 0.25) is 10.0 Å². The van der Waals surface area contributed by atoms with E-state index in [0.29, 0.717) is 11.8 Å². The third kappa shape index (κ3) is 4.33. The molecule has 0 aliphatic carbocycles. The maximum atomic E-state index is 12.6. The lowest BCUT2D eigenvalue weighted by molar-refractivity contribution is -0.137. The van der Waals surface area contributed by atoms with E-state index in [1.54, 1.807) is 0 Å². The smallest absolute Gasteiger partial charge is 0.382 e. The number of primary sulfonamides is 1. The first kappa shape index (κ1) is 17.0. The highest BCUT2D eigenvalue weighted by molar-refractivity contribution is 7.89. The van der Waals surface area contributed by atoms with E-state index >= 15 is 0 Å². The number of nitrogens with zero attached hydrogens (tertiary/aromatic N) is 1. The zero-order valence-electron chi connectivity index (χ0n) is 11.6. The second-order valence-corrected chi connectivity index (χ2v) is 6.26. The first-order valence-electron chi connectivity index (χ1n) is 6.26. The SMILES string of the molecule is Nc1ncc(C(F)(F)F)cc1NCc1ccc(S(N)(=O)=O)cc1. The number of aromatic nitrogens is 1. The van der Waals surface area contributed by atoms with Gasteiger partial charge in [0.25, 0.3) is 0 Å². The number of rotatable bonds is 4. The van der Waals surface area contributed by atoms with Crippen LogP contribution in [0.2, 0.25) is 0 Å². The maximum Gasteiger partial charge on any atom is 0.417 e. The fourth-order valence-electron chi connectivity index (χ4n) is 1.77. The first-order valence-corrected chi connectivity index (χ1v) is 7.80. The summed E-state index contributed by atoms with van der Waals surface area (Å²) in [7, 11) is -3.79. The molecule has 0 radical (unpaired) electrons. The van der Waals surface area contributed by atoms with E-state index in [9.17, 15) is 21.6 Å². The Hall–Kier alpha value is -2.33. The summed E-state index contributed by atoms with van der Waals surface area (Å²) in [5, 5.41) is 7.71. The minimum Gasteiger partial charge on any atom is -0.382 e. The molecule has 0 aliphatic heterocycles. The Morgan fingerprint density at radius 1 is 1.17 bits per heavy atom. The Kier molecular flexibility index (Phi) is 4.48. The van der Waals surface area contributed by atoms with Crippen LogP contribution in [0.25, 0.3) is 0 Å². The summed E-state index contributed by atoms with van der Waals surface area (Å²) in [4.78, 5) is 3.45. The predicted molar refractivity (Wildman–Crippen MR) is 78.8 cm³/mol. The van der Waals surface area contributed by atoms with Gasteiger partial charge in [0, 0.05) is 12.7 Å².